The summed E-state index contributed by atoms with van der Waals surface area (Å²) >= 11 is 0. The molecule has 1 nitrogen and oxygen atoms in total. The summed E-state index contributed by atoms with van der Waals surface area (Å²) in [5, 5.41) is 6.61. The van der Waals surface area contributed by atoms with Gasteiger partial charge in [0.1, 0.15) is 11.2 Å². The number of furan rings is 1. The lowest BCUT2D eigenvalue weighted by atomic mass is 9.85. The second-order valence-corrected chi connectivity index (χ2v) is 10.7. The standard InChI is InChI=1S/C42H26O/c1-2-10-27(11-3-1)41-35-13-4-6-15-37(35)42(38-16-7-5-14-36(38)41)32-21-20-28-24-29(18-19-30(28)25-32)31-22-23-34-33-12-8-9-17-39(33)43-40(34)26-31/h1-26H/i8D,9D,12D,17D,22D,23D,26D. The molecule has 0 aliphatic carbocycles. The van der Waals surface area contributed by atoms with Gasteiger partial charge >= 0.3 is 0 Å². The molecule has 8 aromatic carbocycles. The molecule has 9 rings (SSSR count). The number of fused-ring (bicyclic) bond motifs is 6. The van der Waals surface area contributed by atoms with Crippen LogP contribution in [0.2, 0.25) is 0 Å². The van der Waals surface area contributed by atoms with Gasteiger partial charge in [-0.1, -0.05) is 127 Å². The molecule has 0 amide bonds. The van der Waals surface area contributed by atoms with Crippen LogP contribution in [-0.4, -0.2) is 0 Å². The maximum absolute atomic E-state index is 9.07. The predicted octanol–water partition coefficient (Wildman–Crippen LogP) is 12.0. The minimum Gasteiger partial charge on any atom is -0.456 e. The van der Waals surface area contributed by atoms with Crippen molar-refractivity contribution in [2.75, 3.05) is 0 Å². The molecule has 200 valence electrons. The molecule has 0 N–H and O–H groups in total. The molecule has 0 saturated carbocycles. The number of hydrogen-bond acceptors (Lipinski definition) is 1. The van der Waals surface area contributed by atoms with Crippen LogP contribution in [0.25, 0.3) is 87.6 Å². The molecule has 1 heterocycles. The molecule has 0 bridgehead atoms. The average molecular weight is 554 g/mol. The lowest BCUT2D eigenvalue weighted by molar-refractivity contribution is 0.669. The molecular weight excluding hydrogens is 520 g/mol. The lowest BCUT2D eigenvalue weighted by Gasteiger charge is -2.18. The molecule has 0 saturated heterocycles. The normalized spacial score (nSPS) is 14.0. The van der Waals surface area contributed by atoms with E-state index < -0.39 is 12.1 Å². The van der Waals surface area contributed by atoms with Crippen LogP contribution < -0.4 is 0 Å². The summed E-state index contributed by atoms with van der Waals surface area (Å²) in [6, 6.07) is 37.3. The van der Waals surface area contributed by atoms with Gasteiger partial charge in [0.05, 0.1) is 9.60 Å². The zero-order chi connectivity index (χ0) is 34.4. The topological polar surface area (TPSA) is 13.1 Å². The van der Waals surface area contributed by atoms with Crippen molar-refractivity contribution in [2.24, 2.45) is 0 Å². The second kappa shape index (κ2) is 9.44. The quantitative estimate of drug-likeness (QED) is 0.198. The van der Waals surface area contributed by atoms with E-state index in [0.29, 0.717) is 5.56 Å². The highest BCUT2D eigenvalue weighted by molar-refractivity contribution is 6.21. The van der Waals surface area contributed by atoms with Crippen LogP contribution in [0.4, 0.5) is 0 Å². The number of rotatable bonds is 3. The molecule has 0 spiro atoms. The molecule has 0 unspecified atom stereocenters. The van der Waals surface area contributed by atoms with E-state index in [1.807, 2.05) is 30.3 Å². The molecule has 0 atom stereocenters. The zero-order valence-electron chi connectivity index (χ0n) is 29.9. The van der Waals surface area contributed by atoms with Crippen LogP contribution in [0.15, 0.2) is 162 Å². The summed E-state index contributed by atoms with van der Waals surface area (Å²) in [4.78, 5) is 0. The van der Waals surface area contributed by atoms with Gasteiger partial charge in [0.25, 0.3) is 0 Å². The van der Waals surface area contributed by atoms with Crippen LogP contribution in [0, 0.1) is 0 Å². The van der Waals surface area contributed by atoms with E-state index in [2.05, 4.69) is 84.9 Å². The first-order valence-electron chi connectivity index (χ1n) is 17.7. The summed E-state index contributed by atoms with van der Waals surface area (Å²) in [5.41, 5.74) is 5.21. The van der Waals surface area contributed by atoms with Gasteiger partial charge in [-0.25, -0.2) is 0 Å². The van der Waals surface area contributed by atoms with Crippen LogP contribution >= 0.6 is 0 Å². The highest BCUT2D eigenvalue weighted by Crippen LogP contribution is 2.44. The van der Waals surface area contributed by atoms with Gasteiger partial charge < -0.3 is 4.42 Å². The maximum atomic E-state index is 9.07. The molecule has 0 radical (unpaired) electrons. The Hall–Kier alpha value is -5.66. The minimum atomic E-state index is -0.451. The third-order valence-electron chi connectivity index (χ3n) is 8.30. The molecular formula is C42H26O. The van der Waals surface area contributed by atoms with Gasteiger partial charge in [0.15, 0.2) is 0 Å². The fourth-order valence-corrected chi connectivity index (χ4v) is 6.35. The van der Waals surface area contributed by atoms with Crippen molar-refractivity contribution < 1.29 is 14.0 Å². The van der Waals surface area contributed by atoms with Gasteiger partial charge in [0.2, 0.25) is 0 Å². The fraction of sp³-hybridized carbons (Fsp3) is 0. The van der Waals surface area contributed by atoms with Crippen molar-refractivity contribution >= 4 is 54.3 Å². The Bertz CT molecular complexity index is 2840. The minimum absolute atomic E-state index is 0.0208. The van der Waals surface area contributed by atoms with Crippen LogP contribution in [0.3, 0.4) is 0 Å². The molecule has 0 aliphatic rings. The summed E-state index contributed by atoms with van der Waals surface area (Å²) < 4.78 is 65.7. The van der Waals surface area contributed by atoms with Crippen LogP contribution in [-0.2, 0) is 0 Å². The van der Waals surface area contributed by atoms with Crippen LogP contribution in [0.5, 0.6) is 0 Å². The number of benzene rings is 8. The van der Waals surface area contributed by atoms with Gasteiger partial charge in [-0.15, -0.1) is 0 Å². The highest BCUT2D eigenvalue weighted by Gasteiger charge is 2.16. The van der Waals surface area contributed by atoms with E-state index in [1.165, 1.54) is 21.9 Å². The predicted molar refractivity (Wildman–Crippen MR) is 183 cm³/mol. The molecule has 1 aromatic heterocycles. The highest BCUT2D eigenvalue weighted by atomic mass is 16.3. The zero-order valence-corrected chi connectivity index (χ0v) is 22.9. The number of hydrogen-bond donors (Lipinski definition) is 0. The number of para-hydroxylation sites is 1. The Balaban J connectivity index is 1.23. The maximum Gasteiger partial charge on any atom is 0.136 e. The van der Waals surface area contributed by atoms with E-state index in [4.69, 9.17) is 14.0 Å². The Labute approximate surface area is 259 Å². The van der Waals surface area contributed by atoms with Crippen molar-refractivity contribution in [1.29, 1.82) is 0 Å². The Kier molecular flexibility index (Phi) is 3.95. The molecule has 0 aliphatic heterocycles. The Morgan fingerprint density at radius 1 is 0.395 bits per heavy atom. The van der Waals surface area contributed by atoms with E-state index in [0.717, 1.165) is 32.7 Å². The van der Waals surface area contributed by atoms with E-state index >= 15 is 0 Å². The van der Waals surface area contributed by atoms with Gasteiger partial charge in [-0.2, -0.15) is 0 Å². The lowest BCUT2D eigenvalue weighted by Crippen LogP contribution is -1.90. The van der Waals surface area contributed by atoms with E-state index in [1.54, 1.807) is 0 Å². The molecule has 1 heteroatoms. The first kappa shape index (κ1) is 18.0. The van der Waals surface area contributed by atoms with Gasteiger partial charge in [0, 0.05) is 10.8 Å². The third-order valence-corrected chi connectivity index (χ3v) is 8.30. The molecule has 43 heavy (non-hydrogen) atoms. The fourth-order valence-electron chi connectivity index (χ4n) is 6.35. The summed E-state index contributed by atoms with van der Waals surface area (Å²) in [6.07, 6.45) is 0. The van der Waals surface area contributed by atoms with Crippen LogP contribution in [0.1, 0.15) is 9.60 Å². The van der Waals surface area contributed by atoms with Crippen molar-refractivity contribution in [1.82, 2.24) is 0 Å². The van der Waals surface area contributed by atoms with Gasteiger partial charge in [-0.3, -0.25) is 0 Å². The largest absolute Gasteiger partial charge is 0.456 e. The summed E-state index contributed by atoms with van der Waals surface area (Å²) in [6.45, 7) is 0. The Morgan fingerprint density at radius 3 is 1.65 bits per heavy atom. The van der Waals surface area contributed by atoms with E-state index in [-0.39, 0.29) is 57.7 Å². The molecule has 9 aromatic rings. The molecule has 0 fully saturated rings. The first-order chi connectivity index (χ1) is 24.2. The van der Waals surface area contributed by atoms with Crippen molar-refractivity contribution in [3.8, 4) is 33.4 Å². The van der Waals surface area contributed by atoms with Crippen molar-refractivity contribution in [3.63, 3.8) is 0 Å². The second-order valence-electron chi connectivity index (χ2n) is 10.7. The first-order valence-corrected chi connectivity index (χ1v) is 14.2. The average Bonchev–Trinajstić information content (AvgIpc) is 3.56. The summed E-state index contributed by atoms with van der Waals surface area (Å²) in [7, 11) is 0. The van der Waals surface area contributed by atoms with Gasteiger partial charge in [-0.05, 0) is 96.0 Å². The van der Waals surface area contributed by atoms with Crippen molar-refractivity contribution in [2.45, 2.75) is 0 Å². The van der Waals surface area contributed by atoms with E-state index in [9.17, 15) is 0 Å². The SMILES string of the molecule is [2H]c1c([2H])c([2H])c2c(oc3c([2H])c(-c4ccc5cc(-c6c7ccccc7c(-c7ccccc7)c7ccccc67)ccc5c4)c([2H])c([2H])c32)c1[2H]. The van der Waals surface area contributed by atoms with Crippen molar-refractivity contribution in [3.05, 3.63) is 158 Å². The third kappa shape index (κ3) is 3.79. The smallest absolute Gasteiger partial charge is 0.136 e. The summed E-state index contributed by atoms with van der Waals surface area (Å²) in [5.74, 6) is 0. The Morgan fingerprint density at radius 2 is 0.953 bits per heavy atom. The monoisotopic (exact) mass is 553 g/mol.